The van der Waals surface area contributed by atoms with Gasteiger partial charge in [-0.15, -0.1) is 0 Å². The van der Waals surface area contributed by atoms with Crippen molar-refractivity contribution in [2.24, 2.45) is 23.7 Å². The lowest BCUT2D eigenvalue weighted by atomic mass is 9.77. The van der Waals surface area contributed by atoms with Gasteiger partial charge in [-0.3, -0.25) is 38.6 Å². The fraction of sp³-hybridized carbons (Fsp3) is 0.721. The lowest BCUT2D eigenvalue weighted by Gasteiger charge is -2.48. The number of nitrogens with one attached hydrogen (secondary N) is 4. The average Bonchev–Trinajstić information content (AvgIpc) is 1.49. The van der Waals surface area contributed by atoms with Crippen LogP contribution in [0, 0.1) is 23.7 Å². The Morgan fingerprint density at radius 1 is 0.817 bits per heavy atom. The molecule has 93 heavy (non-hydrogen) atoms. The van der Waals surface area contributed by atoms with Crippen molar-refractivity contribution in [3.63, 3.8) is 0 Å². The quantitative estimate of drug-likeness (QED) is 0.0411. The Hall–Kier alpha value is -5.55. The monoisotopic (exact) mass is 1310 g/mol. The number of cyclic esters (lactones) is 1. The van der Waals surface area contributed by atoms with Gasteiger partial charge in [0.2, 0.25) is 11.8 Å². The van der Waals surface area contributed by atoms with Crippen molar-refractivity contribution in [1.82, 2.24) is 36.0 Å². The minimum atomic E-state index is -2.04. The summed E-state index contributed by atoms with van der Waals surface area (Å²) in [6.45, 7) is 21.5. The van der Waals surface area contributed by atoms with E-state index in [9.17, 15) is 59.1 Å². The van der Waals surface area contributed by atoms with Crippen LogP contribution in [0.2, 0.25) is 0 Å². The summed E-state index contributed by atoms with van der Waals surface area (Å²) in [6, 6.07) is 11.6. The second-order valence-electron chi connectivity index (χ2n) is 27.3. The van der Waals surface area contributed by atoms with Crippen LogP contribution in [-0.4, -0.2) is 238 Å². The third kappa shape index (κ3) is 21.2. The van der Waals surface area contributed by atoms with E-state index >= 15 is 0 Å². The number of aliphatic hydroxyl groups is 5. The van der Waals surface area contributed by atoms with E-state index in [0.717, 1.165) is 4.90 Å². The largest absolute Gasteiger partial charge is 0.459 e. The van der Waals surface area contributed by atoms with Gasteiger partial charge in [0, 0.05) is 69.7 Å². The molecule has 19 atom stereocenters. The normalized spacial score (nSPS) is 32.9. The molecule has 19 unspecified atom stereocenters. The highest BCUT2D eigenvalue weighted by Gasteiger charge is 2.53. The topological polar surface area (TPSA) is 334 Å². The zero-order valence-corrected chi connectivity index (χ0v) is 57.6. The molecule has 25 nitrogen and oxygen atoms in total. The van der Waals surface area contributed by atoms with Gasteiger partial charge in [0.05, 0.1) is 60.2 Å². The second-order valence-corrected chi connectivity index (χ2v) is 27.3. The number of esters is 1. The zero-order chi connectivity index (χ0) is 69.4. The number of hydrogen-bond acceptors (Lipinski definition) is 20. The van der Waals surface area contributed by atoms with Gasteiger partial charge in [0.25, 0.3) is 11.8 Å². The predicted molar refractivity (Wildman–Crippen MR) is 346 cm³/mol. The molecule has 0 spiro atoms. The number of imide groups is 1. The molecular formula is C68H109N7O18. The highest BCUT2D eigenvalue weighted by Crippen LogP contribution is 2.40. The number of nitrogens with zero attached hydrogens (tertiary/aromatic N) is 3. The molecule has 3 fully saturated rings. The van der Waals surface area contributed by atoms with Gasteiger partial charge in [0.1, 0.15) is 36.1 Å². The molecule has 3 saturated heterocycles. The SMILES string of the molecule is CCC1OC(=O)C(C)C(OC2CC(C)(OC)C(O)C(C)O2)C(C)C(OC2OC(C)CC(N(C)C)C2O)C(C)(O)CC(C)CN(CCCNC(=O)CNC(=O)N(CCC(C)C)C(=O)C(Cc2ccccc2)NC(=O)CNC(=O)c2ccccc2C(C)=O)C(C)C(O)C1(C)O. The van der Waals surface area contributed by atoms with Crippen LogP contribution in [0.1, 0.15) is 155 Å². The summed E-state index contributed by atoms with van der Waals surface area (Å²) in [5.74, 6) is -6.28. The van der Waals surface area contributed by atoms with Crippen LogP contribution in [0.25, 0.3) is 0 Å². The maximum Gasteiger partial charge on any atom is 0.324 e. The average molecular weight is 1310 g/mol. The molecule has 6 amide bonds. The maximum absolute atomic E-state index is 14.7. The standard InChI is InChI=1S/C68H109N7O18/c1-17-52-68(13,87)58(80)44(8)74(38-40(4)34-66(11,86)60(93-64-56(79)51(73(14)15)32-41(5)89-64)42(6)57(43(7)63(84)91-52)92-55-35-67(12,88-16)59(81)46(10)90-55)30-23-29-69-53(77)36-71-65(85)75(31-28-39(2)3)62(83)50(33-47-24-19-18-20-25-47)72-54(78)37-70-61(82)49-27-22-21-26-48(49)45(9)76/h18-22,24-27,39-44,46,50-52,55-60,64,79-81,86-87H,17,23,28-38H2,1-16H3,(H,69,77)(H,70,82)(H,71,85)(H,72,78). The highest BCUT2D eigenvalue weighted by molar-refractivity contribution is 6.08. The van der Waals surface area contributed by atoms with E-state index in [4.69, 9.17) is 28.4 Å². The first-order valence-corrected chi connectivity index (χ1v) is 32.9. The van der Waals surface area contributed by atoms with Crippen LogP contribution in [0.4, 0.5) is 4.79 Å². The summed E-state index contributed by atoms with van der Waals surface area (Å²) in [4.78, 5) is 100. The predicted octanol–water partition coefficient (Wildman–Crippen LogP) is 3.72. The van der Waals surface area contributed by atoms with E-state index in [0.29, 0.717) is 18.4 Å². The molecule has 9 N–H and O–H groups in total. The zero-order valence-electron chi connectivity index (χ0n) is 57.6. The van der Waals surface area contributed by atoms with E-state index < -0.39 is 151 Å². The lowest BCUT2D eigenvalue weighted by molar-refractivity contribution is -0.318. The van der Waals surface area contributed by atoms with Gasteiger partial charge >= 0.3 is 12.0 Å². The van der Waals surface area contributed by atoms with Gasteiger partial charge in [-0.1, -0.05) is 83.1 Å². The molecule has 3 aliphatic heterocycles. The van der Waals surface area contributed by atoms with Crippen LogP contribution < -0.4 is 21.3 Å². The number of methoxy groups -OCH3 is 1. The molecule has 524 valence electrons. The van der Waals surface area contributed by atoms with E-state index in [1.165, 1.54) is 33.1 Å². The number of urea groups is 1. The summed E-state index contributed by atoms with van der Waals surface area (Å²) >= 11 is 0. The van der Waals surface area contributed by atoms with Crippen LogP contribution in [0.3, 0.4) is 0 Å². The highest BCUT2D eigenvalue weighted by atomic mass is 16.7. The van der Waals surface area contributed by atoms with E-state index in [-0.39, 0.29) is 93.3 Å². The van der Waals surface area contributed by atoms with Crippen molar-refractivity contribution >= 4 is 41.4 Å². The van der Waals surface area contributed by atoms with Gasteiger partial charge < -0.3 is 80.1 Å². The summed E-state index contributed by atoms with van der Waals surface area (Å²) in [6.07, 6.45) is -9.44. The fourth-order valence-electron chi connectivity index (χ4n) is 13.1. The Kier molecular flexibility index (Phi) is 29.3. The minimum absolute atomic E-state index is 0.0200. The number of benzene rings is 2. The fourth-order valence-corrected chi connectivity index (χ4v) is 13.1. The van der Waals surface area contributed by atoms with Crippen LogP contribution in [-0.2, 0) is 54.0 Å². The Morgan fingerprint density at radius 2 is 1.45 bits per heavy atom. The second kappa shape index (κ2) is 34.9. The van der Waals surface area contributed by atoms with Gasteiger partial charge in [-0.05, 0) is 125 Å². The van der Waals surface area contributed by atoms with Crippen molar-refractivity contribution in [2.75, 3.05) is 60.5 Å². The third-order valence-corrected chi connectivity index (χ3v) is 18.7. The molecule has 0 bridgehead atoms. The van der Waals surface area contributed by atoms with E-state index in [2.05, 4.69) is 21.3 Å². The van der Waals surface area contributed by atoms with Crippen molar-refractivity contribution in [3.8, 4) is 0 Å². The molecule has 0 aliphatic carbocycles. The maximum atomic E-state index is 14.7. The van der Waals surface area contributed by atoms with Crippen molar-refractivity contribution < 1.29 is 87.5 Å². The number of rotatable bonds is 24. The molecule has 25 heteroatoms. The number of likely N-dealkylation sites (N-methyl/N-ethyl adjacent to an activating group) is 1. The van der Waals surface area contributed by atoms with E-state index in [1.807, 2.05) is 51.6 Å². The smallest absolute Gasteiger partial charge is 0.324 e. The number of aliphatic hydroxyl groups excluding tert-OH is 3. The van der Waals surface area contributed by atoms with Gasteiger partial charge in [0.15, 0.2) is 18.4 Å². The Bertz CT molecular complexity index is 2770. The number of carbonyl (C=O) groups is 7. The lowest BCUT2D eigenvalue weighted by Crippen LogP contribution is -2.60. The number of ketones is 1. The third-order valence-electron chi connectivity index (χ3n) is 18.7. The Balaban J connectivity index is 1.36. The number of ether oxygens (including phenoxy) is 6. The van der Waals surface area contributed by atoms with Crippen LogP contribution >= 0.6 is 0 Å². The molecule has 2 aromatic rings. The summed E-state index contributed by atoms with van der Waals surface area (Å²) < 4.78 is 38.2. The molecule has 2 aromatic carbocycles. The first-order valence-electron chi connectivity index (χ1n) is 32.9. The summed E-state index contributed by atoms with van der Waals surface area (Å²) in [5, 5.41) is 71.3. The van der Waals surface area contributed by atoms with Gasteiger partial charge in [-0.2, -0.15) is 0 Å². The molecule has 0 saturated carbocycles. The summed E-state index contributed by atoms with van der Waals surface area (Å²) in [5.41, 5.74) is -4.00. The first-order chi connectivity index (χ1) is 43.6. The van der Waals surface area contributed by atoms with Crippen molar-refractivity contribution in [2.45, 2.75) is 231 Å². The number of carbonyl (C=O) groups excluding carboxylic acids is 7. The molecule has 5 rings (SSSR count). The first kappa shape index (κ1) is 78.1. The Morgan fingerprint density at radius 3 is 2.06 bits per heavy atom. The summed E-state index contributed by atoms with van der Waals surface area (Å²) in [7, 11) is 5.17. The molecule has 0 radical (unpaired) electrons. The van der Waals surface area contributed by atoms with Crippen molar-refractivity contribution in [3.05, 3.63) is 71.3 Å². The van der Waals surface area contributed by atoms with Crippen LogP contribution in [0.15, 0.2) is 54.6 Å². The van der Waals surface area contributed by atoms with E-state index in [1.54, 1.807) is 90.9 Å². The number of Topliss-reactive ketones (excluding diaryl/α,β-unsaturated/α-hetero) is 1. The molecule has 3 aliphatic rings. The minimum Gasteiger partial charge on any atom is -0.459 e. The van der Waals surface area contributed by atoms with Crippen LogP contribution in [0.5, 0.6) is 0 Å². The van der Waals surface area contributed by atoms with Crippen molar-refractivity contribution in [1.29, 1.82) is 0 Å². The Labute approximate surface area is 549 Å². The number of amides is 6. The molecular weight excluding hydrogens is 1200 g/mol. The number of hydrogen-bond donors (Lipinski definition) is 9. The van der Waals surface area contributed by atoms with Gasteiger partial charge in [-0.25, -0.2) is 4.79 Å². The molecule has 3 heterocycles. The molecule has 0 aromatic heterocycles.